The maximum atomic E-state index is 12.5. The van der Waals surface area contributed by atoms with Crippen LogP contribution in [0.15, 0.2) is 24.3 Å². The van der Waals surface area contributed by atoms with Gasteiger partial charge in [-0.05, 0) is 18.1 Å². The van der Waals surface area contributed by atoms with Crippen molar-refractivity contribution < 1.29 is 18.0 Å². The van der Waals surface area contributed by atoms with Gasteiger partial charge in [-0.1, -0.05) is 18.2 Å². The topological polar surface area (TPSA) is 95.6 Å². The van der Waals surface area contributed by atoms with Crippen molar-refractivity contribution in [3.8, 4) is 0 Å². The van der Waals surface area contributed by atoms with Crippen molar-refractivity contribution in [2.24, 2.45) is 5.92 Å². The van der Waals surface area contributed by atoms with Crippen molar-refractivity contribution in [1.29, 1.82) is 0 Å². The number of benzene rings is 1. The van der Waals surface area contributed by atoms with Crippen LogP contribution in [0.4, 0.5) is 5.69 Å². The number of hydrogen-bond donors (Lipinski definition) is 2. The fraction of sp³-hybridized carbons (Fsp3) is 0.467. The third-order valence-corrected chi connectivity index (χ3v) is 5.96. The molecule has 3 rings (SSSR count). The van der Waals surface area contributed by atoms with Crippen molar-refractivity contribution in [3.63, 3.8) is 0 Å². The van der Waals surface area contributed by atoms with Crippen molar-refractivity contribution in [3.05, 3.63) is 29.8 Å². The molecule has 0 unspecified atom stereocenters. The van der Waals surface area contributed by atoms with Crippen LogP contribution in [0.2, 0.25) is 0 Å². The van der Waals surface area contributed by atoms with E-state index in [2.05, 4.69) is 10.6 Å². The number of carbonyl (C=O) groups is 2. The van der Waals surface area contributed by atoms with E-state index >= 15 is 0 Å². The number of nitrogens with zero attached hydrogens (tertiary/aromatic N) is 1. The molecule has 0 bridgehead atoms. The Morgan fingerprint density at radius 3 is 2.87 bits per heavy atom. The summed E-state index contributed by atoms with van der Waals surface area (Å²) < 4.78 is 26.3. The number of amides is 2. The standard InChI is InChI=1S/C15H19N3O4S/c19-14-9-12(10-17-14)15(20)16-6-8-23(21,22)18-7-5-11-3-1-2-4-13(11)18/h1-4,12H,5-10H2,(H,16,20)(H,17,19)/t12-/m1/s1. The molecule has 23 heavy (non-hydrogen) atoms. The molecule has 2 heterocycles. The molecule has 0 radical (unpaired) electrons. The first-order valence-electron chi connectivity index (χ1n) is 7.60. The summed E-state index contributed by atoms with van der Waals surface area (Å²) in [4.78, 5) is 23.0. The van der Waals surface area contributed by atoms with E-state index in [-0.39, 0.29) is 30.5 Å². The Labute approximate surface area is 135 Å². The fourth-order valence-corrected chi connectivity index (χ4v) is 4.37. The van der Waals surface area contributed by atoms with Gasteiger partial charge in [0, 0.05) is 26.1 Å². The van der Waals surface area contributed by atoms with Gasteiger partial charge in [-0.15, -0.1) is 0 Å². The molecular formula is C15H19N3O4S. The van der Waals surface area contributed by atoms with Crippen LogP contribution in [0.3, 0.4) is 0 Å². The second kappa shape index (κ2) is 6.19. The maximum absolute atomic E-state index is 12.5. The highest BCUT2D eigenvalue weighted by Gasteiger charge is 2.30. The molecule has 0 spiro atoms. The molecular weight excluding hydrogens is 318 g/mol. The van der Waals surface area contributed by atoms with E-state index in [1.54, 1.807) is 6.07 Å². The van der Waals surface area contributed by atoms with Gasteiger partial charge in [0.2, 0.25) is 21.8 Å². The van der Waals surface area contributed by atoms with Crippen molar-refractivity contribution in [2.45, 2.75) is 12.8 Å². The average Bonchev–Trinajstić information content (AvgIpc) is 3.13. The Bertz CT molecular complexity index is 732. The first-order chi connectivity index (χ1) is 11.0. The number of anilines is 1. The molecule has 0 aliphatic carbocycles. The van der Waals surface area contributed by atoms with Gasteiger partial charge in [-0.25, -0.2) is 8.42 Å². The predicted molar refractivity (Wildman–Crippen MR) is 85.4 cm³/mol. The minimum absolute atomic E-state index is 0.0462. The molecule has 1 saturated heterocycles. The highest BCUT2D eigenvalue weighted by Crippen LogP contribution is 2.29. The molecule has 0 saturated carbocycles. The number of hydrogen-bond acceptors (Lipinski definition) is 4. The first kappa shape index (κ1) is 15.8. The lowest BCUT2D eigenvalue weighted by molar-refractivity contribution is -0.126. The van der Waals surface area contributed by atoms with Gasteiger partial charge >= 0.3 is 0 Å². The fourth-order valence-electron chi connectivity index (χ4n) is 2.95. The number of nitrogens with one attached hydrogen (secondary N) is 2. The molecule has 2 amide bonds. The van der Waals surface area contributed by atoms with Gasteiger partial charge in [0.15, 0.2) is 0 Å². The van der Waals surface area contributed by atoms with Crippen LogP contribution in [-0.2, 0) is 26.0 Å². The van der Waals surface area contributed by atoms with Crippen LogP contribution in [0.25, 0.3) is 0 Å². The van der Waals surface area contributed by atoms with Gasteiger partial charge in [-0.2, -0.15) is 0 Å². The van der Waals surface area contributed by atoms with Crippen molar-refractivity contribution in [2.75, 3.05) is 29.7 Å². The zero-order chi connectivity index (χ0) is 16.4. The second-order valence-corrected chi connectivity index (χ2v) is 7.78. The molecule has 2 aliphatic heterocycles. The Morgan fingerprint density at radius 1 is 1.35 bits per heavy atom. The van der Waals surface area contributed by atoms with E-state index in [0.717, 1.165) is 11.3 Å². The van der Waals surface area contributed by atoms with Gasteiger partial charge < -0.3 is 10.6 Å². The largest absolute Gasteiger partial charge is 0.355 e. The minimum atomic E-state index is -3.47. The smallest absolute Gasteiger partial charge is 0.236 e. The number of carbonyl (C=O) groups excluding carboxylic acids is 2. The molecule has 2 aliphatic rings. The van der Waals surface area contributed by atoms with Crippen molar-refractivity contribution in [1.82, 2.24) is 10.6 Å². The van der Waals surface area contributed by atoms with Crippen LogP contribution in [0.5, 0.6) is 0 Å². The predicted octanol–water partition coefficient (Wildman–Crippen LogP) is -0.369. The van der Waals surface area contributed by atoms with Crippen LogP contribution < -0.4 is 14.9 Å². The highest BCUT2D eigenvalue weighted by molar-refractivity contribution is 7.92. The first-order valence-corrected chi connectivity index (χ1v) is 9.21. The number of rotatable bonds is 5. The molecule has 1 aromatic carbocycles. The van der Waals surface area contributed by atoms with Gasteiger partial charge in [-0.3, -0.25) is 13.9 Å². The quantitative estimate of drug-likeness (QED) is 0.766. The second-order valence-electron chi connectivity index (χ2n) is 5.76. The summed E-state index contributed by atoms with van der Waals surface area (Å²) in [6.45, 7) is 0.804. The van der Waals surface area contributed by atoms with Crippen LogP contribution in [0.1, 0.15) is 12.0 Å². The summed E-state index contributed by atoms with van der Waals surface area (Å²) in [5, 5.41) is 5.20. The lowest BCUT2D eigenvalue weighted by atomic mass is 10.1. The van der Waals surface area contributed by atoms with E-state index in [4.69, 9.17) is 0 Å². The zero-order valence-corrected chi connectivity index (χ0v) is 13.4. The summed E-state index contributed by atoms with van der Waals surface area (Å²) in [6, 6.07) is 7.44. The van der Waals surface area contributed by atoms with Gasteiger partial charge in [0.25, 0.3) is 0 Å². The van der Waals surface area contributed by atoms with Crippen LogP contribution in [0, 0.1) is 5.92 Å². The van der Waals surface area contributed by atoms with Crippen molar-refractivity contribution >= 4 is 27.5 Å². The Morgan fingerprint density at radius 2 is 2.13 bits per heavy atom. The summed E-state index contributed by atoms with van der Waals surface area (Å²) >= 11 is 0. The van der Waals surface area contributed by atoms with Crippen LogP contribution >= 0.6 is 0 Å². The lowest BCUT2D eigenvalue weighted by Crippen LogP contribution is -2.39. The molecule has 0 aromatic heterocycles. The molecule has 1 fully saturated rings. The lowest BCUT2D eigenvalue weighted by Gasteiger charge is -2.19. The average molecular weight is 337 g/mol. The molecule has 7 nitrogen and oxygen atoms in total. The highest BCUT2D eigenvalue weighted by atomic mass is 32.2. The molecule has 8 heteroatoms. The summed E-state index contributed by atoms with van der Waals surface area (Å²) in [6.07, 6.45) is 0.871. The summed E-state index contributed by atoms with van der Waals surface area (Å²) in [5.74, 6) is -0.981. The third kappa shape index (κ3) is 3.31. The van der Waals surface area contributed by atoms with E-state index in [1.807, 2.05) is 18.2 Å². The Kier molecular flexibility index (Phi) is 4.25. The molecule has 1 aromatic rings. The summed E-state index contributed by atoms with van der Waals surface area (Å²) in [7, 11) is -3.47. The number of sulfonamides is 1. The molecule has 124 valence electrons. The normalized spacial score (nSPS) is 20.3. The third-order valence-electron chi connectivity index (χ3n) is 4.19. The van der Waals surface area contributed by atoms with Gasteiger partial charge in [0.1, 0.15) is 0 Å². The van der Waals surface area contributed by atoms with Gasteiger partial charge in [0.05, 0.1) is 17.4 Å². The van der Waals surface area contributed by atoms with E-state index in [1.165, 1.54) is 4.31 Å². The van der Waals surface area contributed by atoms with E-state index in [9.17, 15) is 18.0 Å². The minimum Gasteiger partial charge on any atom is -0.355 e. The SMILES string of the molecule is O=C1C[C@@H](C(=O)NCCS(=O)(=O)N2CCc3ccccc32)CN1. The number of fused-ring (bicyclic) bond motifs is 1. The zero-order valence-electron chi connectivity index (χ0n) is 12.6. The maximum Gasteiger partial charge on any atom is 0.236 e. The van der Waals surface area contributed by atoms with Crippen LogP contribution in [-0.4, -0.2) is 45.6 Å². The molecule has 2 N–H and O–H groups in total. The Balaban J connectivity index is 1.56. The number of para-hydroxylation sites is 1. The summed E-state index contributed by atoms with van der Waals surface area (Å²) in [5.41, 5.74) is 1.75. The monoisotopic (exact) mass is 337 g/mol. The molecule has 1 atom stereocenters. The van der Waals surface area contributed by atoms with E-state index < -0.39 is 15.9 Å². The van der Waals surface area contributed by atoms with E-state index in [0.29, 0.717) is 19.5 Å². The Hall–Kier alpha value is -2.09.